The molecule has 20 heavy (non-hydrogen) atoms. The maximum Gasteiger partial charge on any atom is 0.338 e. The molecule has 2 aromatic carbocycles. The van der Waals surface area contributed by atoms with E-state index < -0.39 is 0 Å². The van der Waals surface area contributed by atoms with E-state index in [0.717, 1.165) is 11.3 Å². The van der Waals surface area contributed by atoms with Crippen LogP contribution in [-0.4, -0.2) is 18.3 Å². The molecule has 3 heteroatoms. The highest BCUT2D eigenvalue weighted by atomic mass is 16.5. The number of esters is 1. The van der Waals surface area contributed by atoms with Gasteiger partial charge in [-0.25, -0.2) is 4.79 Å². The predicted octanol–water partition coefficient (Wildman–Crippen LogP) is 4.00. The first-order chi connectivity index (χ1) is 9.65. The van der Waals surface area contributed by atoms with Crippen LogP contribution in [0.3, 0.4) is 0 Å². The number of hydrogen-bond acceptors (Lipinski definition) is 3. The van der Waals surface area contributed by atoms with Crippen LogP contribution in [0.2, 0.25) is 0 Å². The lowest BCUT2D eigenvalue weighted by atomic mass is 10.2. The Morgan fingerprint density at radius 3 is 2.30 bits per heavy atom. The maximum absolute atomic E-state index is 11.7. The van der Waals surface area contributed by atoms with E-state index in [4.69, 9.17) is 4.74 Å². The first-order valence-corrected chi connectivity index (χ1v) is 6.55. The summed E-state index contributed by atoms with van der Waals surface area (Å²) in [5.74, 6) is -0.307. The molecule has 0 aliphatic carbocycles. The summed E-state index contributed by atoms with van der Waals surface area (Å²) in [7, 11) is 0. The molecular formula is C17H17NO2. The molecule has 0 aliphatic rings. The summed E-state index contributed by atoms with van der Waals surface area (Å²) in [6, 6.07) is 16.9. The van der Waals surface area contributed by atoms with Gasteiger partial charge in [-0.3, -0.25) is 4.99 Å². The van der Waals surface area contributed by atoms with Gasteiger partial charge in [0.1, 0.15) is 0 Å². The normalized spacial score (nSPS) is 10.9. The minimum absolute atomic E-state index is 0.113. The number of rotatable bonds is 4. The monoisotopic (exact) mass is 267 g/mol. The summed E-state index contributed by atoms with van der Waals surface area (Å²) in [5.41, 5.74) is 2.38. The van der Waals surface area contributed by atoms with E-state index in [1.807, 2.05) is 44.2 Å². The number of aliphatic imine (C=N–C) groups is 1. The number of carbonyl (C=O) groups excluding carboxylic acids is 1. The molecule has 0 unspecified atom stereocenters. The molecule has 102 valence electrons. The molecule has 0 N–H and O–H groups in total. The van der Waals surface area contributed by atoms with Crippen molar-refractivity contribution in [3.05, 3.63) is 65.7 Å². The van der Waals surface area contributed by atoms with E-state index in [0.29, 0.717) is 5.56 Å². The Morgan fingerprint density at radius 1 is 1.05 bits per heavy atom. The van der Waals surface area contributed by atoms with Gasteiger partial charge in [0.25, 0.3) is 0 Å². The molecule has 0 heterocycles. The molecule has 0 bridgehead atoms. The van der Waals surface area contributed by atoms with E-state index in [9.17, 15) is 4.79 Å². The van der Waals surface area contributed by atoms with Crippen LogP contribution in [0.4, 0.5) is 5.69 Å². The largest absolute Gasteiger partial charge is 0.459 e. The van der Waals surface area contributed by atoms with Crippen LogP contribution in [0, 0.1) is 0 Å². The Hall–Kier alpha value is -2.42. The van der Waals surface area contributed by atoms with Crippen LogP contribution in [0.1, 0.15) is 29.8 Å². The van der Waals surface area contributed by atoms with Gasteiger partial charge in [-0.1, -0.05) is 30.3 Å². The second-order valence-corrected chi connectivity index (χ2v) is 4.67. The third-order valence-electron chi connectivity index (χ3n) is 2.61. The lowest BCUT2D eigenvalue weighted by Crippen LogP contribution is -2.11. The van der Waals surface area contributed by atoms with Crippen LogP contribution in [0.25, 0.3) is 0 Å². The Labute approximate surface area is 118 Å². The first kappa shape index (κ1) is 14.0. The summed E-state index contributed by atoms with van der Waals surface area (Å²) in [6.45, 7) is 3.66. The van der Waals surface area contributed by atoms with Gasteiger partial charge in [-0.15, -0.1) is 0 Å². The first-order valence-electron chi connectivity index (χ1n) is 6.55. The van der Waals surface area contributed by atoms with Crippen molar-refractivity contribution in [2.45, 2.75) is 20.0 Å². The van der Waals surface area contributed by atoms with Crippen molar-refractivity contribution in [1.29, 1.82) is 0 Å². The molecule has 0 atom stereocenters. The van der Waals surface area contributed by atoms with Gasteiger partial charge < -0.3 is 4.74 Å². The van der Waals surface area contributed by atoms with Crippen molar-refractivity contribution in [3.63, 3.8) is 0 Å². The fraction of sp³-hybridized carbons (Fsp3) is 0.176. The van der Waals surface area contributed by atoms with Gasteiger partial charge in [0.2, 0.25) is 0 Å². The maximum atomic E-state index is 11.7. The fourth-order valence-electron chi connectivity index (χ4n) is 1.65. The SMILES string of the molecule is CC(C)OC(=O)c1ccc(N=Cc2ccccc2)cc1. The number of ether oxygens (including phenoxy) is 1. The lowest BCUT2D eigenvalue weighted by molar-refractivity contribution is 0.0378. The van der Waals surface area contributed by atoms with Crippen molar-refractivity contribution in [2.75, 3.05) is 0 Å². The van der Waals surface area contributed by atoms with Crippen LogP contribution >= 0.6 is 0 Å². The summed E-state index contributed by atoms with van der Waals surface area (Å²) >= 11 is 0. The van der Waals surface area contributed by atoms with E-state index >= 15 is 0 Å². The van der Waals surface area contributed by atoms with E-state index in [2.05, 4.69) is 4.99 Å². The molecule has 0 spiro atoms. The minimum atomic E-state index is -0.307. The van der Waals surface area contributed by atoms with Crippen LogP contribution in [-0.2, 0) is 4.74 Å². The predicted molar refractivity (Wildman–Crippen MR) is 80.7 cm³/mol. The molecule has 0 saturated heterocycles. The highest BCUT2D eigenvalue weighted by molar-refractivity contribution is 5.90. The van der Waals surface area contributed by atoms with Crippen molar-refractivity contribution in [3.8, 4) is 0 Å². The molecule has 3 nitrogen and oxygen atoms in total. The van der Waals surface area contributed by atoms with Crippen molar-refractivity contribution < 1.29 is 9.53 Å². The van der Waals surface area contributed by atoms with Crippen molar-refractivity contribution >= 4 is 17.9 Å². The smallest absolute Gasteiger partial charge is 0.338 e. The third kappa shape index (κ3) is 4.05. The summed E-state index contributed by atoms with van der Waals surface area (Å²) < 4.78 is 5.13. The summed E-state index contributed by atoms with van der Waals surface area (Å²) in [5, 5.41) is 0. The lowest BCUT2D eigenvalue weighted by Gasteiger charge is -2.07. The minimum Gasteiger partial charge on any atom is -0.459 e. The Bertz CT molecular complexity index is 586. The van der Waals surface area contributed by atoms with Crippen molar-refractivity contribution in [1.82, 2.24) is 0 Å². The van der Waals surface area contributed by atoms with Gasteiger partial charge in [0, 0.05) is 6.21 Å². The average molecular weight is 267 g/mol. The van der Waals surface area contributed by atoms with Crippen LogP contribution in [0.5, 0.6) is 0 Å². The molecule has 2 rings (SSSR count). The van der Waals surface area contributed by atoms with E-state index in [1.165, 1.54) is 0 Å². The molecule has 0 radical (unpaired) electrons. The summed E-state index contributed by atoms with van der Waals surface area (Å²) in [4.78, 5) is 16.0. The van der Waals surface area contributed by atoms with Crippen LogP contribution in [0.15, 0.2) is 59.6 Å². The molecule has 0 aromatic heterocycles. The highest BCUT2D eigenvalue weighted by Gasteiger charge is 2.08. The van der Waals surface area contributed by atoms with Crippen molar-refractivity contribution in [2.24, 2.45) is 4.99 Å². The number of carbonyl (C=O) groups is 1. The standard InChI is InChI=1S/C17H17NO2/c1-13(2)20-17(19)15-8-10-16(11-9-15)18-12-14-6-4-3-5-7-14/h3-13H,1-2H3. The fourth-order valence-corrected chi connectivity index (χ4v) is 1.65. The zero-order chi connectivity index (χ0) is 14.4. The molecular weight excluding hydrogens is 250 g/mol. The highest BCUT2D eigenvalue weighted by Crippen LogP contribution is 2.14. The summed E-state index contributed by atoms with van der Waals surface area (Å²) in [6.07, 6.45) is 1.68. The molecule has 2 aromatic rings. The van der Waals surface area contributed by atoms with E-state index in [1.54, 1.807) is 30.5 Å². The Kier molecular flexibility index (Phi) is 4.66. The average Bonchev–Trinajstić information content (AvgIpc) is 2.46. The van der Waals surface area contributed by atoms with E-state index in [-0.39, 0.29) is 12.1 Å². The van der Waals surface area contributed by atoms with Gasteiger partial charge in [-0.05, 0) is 43.7 Å². The van der Waals surface area contributed by atoms with Gasteiger partial charge in [-0.2, -0.15) is 0 Å². The Morgan fingerprint density at radius 2 is 1.70 bits per heavy atom. The van der Waals surface area contributed by atoms with Gasteiger partial charge in [0.15, 0.2) is 0 Å². The topological polar surface area (TPSA) is 38.7 Å². The molecule has 0 fully saturated rings. The zero-order valence-corrected chi connectivity index (χ0v) is 11.6. The quantitative estimate of drug-likeness (QED) is 0.620. The Balaban J connectivity index is 2.05. The molecule has 0 saturated carbocycles. The van der Waals surface area contributed by atoms with Gasteiger partial charge >= 0.3 is 5.97 Å². The molecule has 0 aliphatic heterocycles. The molecule has 0 amide bonds. The number of hydrogen-bond donors (Lipinski definition) is 0. The zero-order valence-electron chi connectivity index (χ0n) is 11.6. The van der Waals surface area contributed by atoms with Crippen LogP contribution < -0.4 is 0 Å². The number of benzene rings is 2. The second kappa shape index (κ2) is 6.66. The number of nitrogens with zero attached hydrogens (tertiary/aromatic N) is 1. The van der Waals surface area contributed by atoms with Gasteiger partial charge in [0.05, 0.1) is 17.4 Å². The third-order valence-corrected chi connectivity index (χ3v) is 2.61. The second-order valence-electron chi connectivity index (χ2n) is 4.67.